The van der Waals surface area contributed by atoms with Gasteiger partial charge in [0.15, 0.2) is 5.82 Å². The van der Waals surface area contributed by atoms with Crippen molar-refractivity contribution in [2.24, 2.45) is 7.05 Å². The molecule has 10 heteroatoms. The molecule has 1 aliphatic carbocycles. The molecule has 0 saturated heterocycles. The standard InChI is InChI=1S/C28H24F2N4O4/c1-34-28(31-32-33-34)27-19(4-3-5-21(27)29)18-8-10-22(30)26-20(18)9-11-23(26)38-16-6-7-17-15(12-25(35)36-2)14-37-24(17)13-16/h3-8,10,13,15,23H,9,11-12,14H2,1-2H3/t15-,23+/m1/s1. The first-order valence-electron chi connectivity index (χ1n) is 12.3. The zero-order valence-corrected chi connectivity index (χ0v) is 20.8. The van der Waals surface area contributed by atoms with E-state index in [0.29, 0.717) is 47.6 Å². The average molecular weight is 519 g/mol. The lowest BCUT2D eigenvalue weighted by Crippen LogP contribution is -2.09. The second kappa shape index (κ2) is 9.51. The Hall–Kier alpha value is -4.34. The maximum Gasteiger partial charge on any atom is 0.306 e. The highest BCUT2D eigenvalue weighted by Crippen LogP contribution is 2.45. The maximum absolute atomic E-state index is 15.2. The van der Waals surface area contributed by atoms with Crippen LogP contribution in [-0.2, 0) is 23.0 Å². The Morgan fingerprint density at radius 2 is 2.00 bits per heavy atom. The summed E-state index contributed by atoms with van der Waals surface area (Å²) in [5, 5.41) is 11.5. The van der Waals surface area contributed by atoms with Gasteiger partial charge >= 0.3 is 5.97 Å². The molecule has 3 aromatic carbocycles. The van der Waals surface area contributed by atoms with Crippen LogP contribution in [0.2, 0.25) is 0 Å². The highest BCUT2D eigenvalue weighted by atomic mass is 19.1. The molecule has 194 valence electrons. The minimum Gasteiger partial charge on any atom is -0.492 e. The van der Waals surface area contributed by atoms with Crippen molar-refractivity contribution in [3.05, 3.63) is 76.9 Å². The van der Waals surface area contributed by atoms with Crippen LogP contribution >= 0.6 is 0 Å². The van der Waals surface area contributed by atoms with Crippen LogP contribution in [0.15, 0.2) is 48.5 Å². The third kappa shape index (κ3) is 4.06. The van der Waals surface area contributed by atoms with Crippen LogP contribution in [0.5, 0.6) is 11.5 Å². The van der Waals surface area contributed by atoms with E-state index in [4.69, 9.17) is 14.2 Å². The zero-order chi connectivity index (χ0) is 26.4. The summed E-state index contributed by atoms with van der Waals surface area (Å²) in [6.07, 6.45) is 0.828. The normalized spacial score (nSPS) is 17.6. The number of nitrogens with zero attached hydrogens (tertiary/aromatic N) is 4. The predicted octanol–water partition coefficient (Wildman–Crippen LogP) is 4.93. The summed E-state index contributed by atoms with van der Waals surface area (Å²) in [4.78, 5) is 11.7. The lowest BCUT2D eigenvalue weighted by Gasteiger charge is -2.18. The quantitative estimate of drug-likeness (QED) is 0.335. The van der Waals surface area contributed by atoms with E-state index in [1.165, 1.54) is 23.9 Å². The number of carbonyl (C=O) groups excluding carboxylic acids is 1. The van der Waals surface area contributed by atoms with Gasteiger partial charge in [-0.15, -0.1) is 5.10 Å². The summed E-state index contributed by atoms with van der Waals surface area (Å²) in [7, 11) is 3.00. The fourth-order valence-corrected chi connectivity index (χ4v) is 5.41. The van der Waals surface area contributed by atoms with Gasteiger partial charge in [0.25, 0.3) is 0 Å². The number of halogens is 2. The monoisotopic (exact) mass is 518 g/mol. The second-order valence-corrected chi connectivity index (χ2v) is 9.41. The number of carbonyl (C=O) groups is 1. The fraction of sp³-hybridized carbons (Fsp3) is 0.286. The van der Waals surface area contributed by atoms with Gasteiger partial charge < -0.3 is 14.2 Å². The molecule has 0 bridgehead atoms. The van der Waals surface area contributed by atoms with Crippen molar-refractivity contribution in [3.8, 4) is 34.0 Å². The number of hydrogen-bond acceptors (Lipinski definition) is 7. The molecule has 2 heterocycles. The molecule has 0 spiro atoms. The number of aryl methyl sites for hydroxylation is 1. The van der Waals surface area contributed by atoms with E-state index < -0.39 is 11.9 Å². The molecule has 0 radical (unpaired) electrons. The number of fused-ring (bicyclic) bond motifs is 2. The molecule has 4 aromatic rings. The maximum atomic E-state index is 15.2. The predicted molar refractivity (Wildman–Crippen MR) is 133 cm³/mol. The molecule has 2 atom stereocenters. The highest BCUT2D eigenvalue weighted by Gasteiger charge is 2.33. The number of benzene rings is 3. The summed E-state index contributed by atoms with van der Waals surface area (Å²) < 4.78 is 48.5. The van der Waals surface area contributed by atoms with Crippen molar-refractivity contribution >= 4 is 5.97 Å². The van der Waals surface area contributed by atoms with Gasteiger partial charge in [0, 0.05) is 30.2 Å². The molecule has 1 aromatic heterocycles. The number of ether oxygens (including phenoxy) is 3. The second-order valence-electron chi connectivity index (χ2n) is 9.41. The van der Waals surface area contributed by atoms with Gasteiger partial charge in [0.05, 0.1) is 25.7 Å². The first-order chi connectivity index (χ1) is 18.4. The Kier molecular flexibility index (Phi) is 6.01. The molecule has 8 nitrogen and oxygen atoms in total. The van der Waals surface area contributed by atoms with Crippen molar-refractivity contribution in [2.75, 3.05) is 13.7 Å². The van der Waals surface area contributed by atoms with Gasteiger partial charge in [0.1, 0.15) is 29.2 Å². The highest BCUT2D eigenvalue weighted by molar-refractivity contribution is 5.83. The van der Waals surface area contributed by atoms with Crippen molar-refractivity contribution in [1.82, 2.24) is 20.2 Å². The average Bonchev–Trinajstić information content (AvgIpc) is 3.63. The molecule has 1 aliphatic heterocycles. The van der Waals surface area contributed by atoms with E-state index in [1.807, 2.05) is 12.1 Å². The topological polar surface area (TPSA) is 88.4 Å². The summed E-state index contributed by atoms with van der Waals surface area (Å²) in [6, 6.07) is 13.3. The number of tetrazole rings is 1. The van der Waals surface area contributed by atoms with Crippen molar-refractivity contribution < 1.29 is 27.8 Å². The van der Waals surface area contributed by atoms with E-state index >= 15 is 8.78 Å². The summed E-state index contributed by atoms with van der Waals surface area (Å²) >= 11 is 0. The molecule has 0 amide bonds. The van der Waals surface area contributed by atoms with Gasteiger partial charge in [-0.1, -0.05) is 24.3 Å². The third-order valence-electron chi connectivity index (χ3n) is 7.21. The van der Waals surface area contributed by atoms with Gasteiger partial charge in [-0.05, 0) is 58.2 Å². The smallest absolute Gasteiger partial charge is 0.306 e. The molecule has 0 unspecified atom stereocenters. The van der Waals surface area contributed by atoms with Crippen molar-refractivity contribution in [3.63, 3.8) is 0 Å². The van der Waals surface area contributed by atoms with Crippen molar-refractivity contribution in [2.45, 2.75) is 31.3 Å². The van der Waals surface area contributed by atoms with Gasteiger partial charge in [-0.3, -0.25) is 4.79 Å². The Morgan fingerprint density at radius 1 is 1.13 bits per heavy atom. The number of aromatic nitrogens is 4. The van der Waals surface area contributed by atoms with E-state index in [9.17, 15) is 4.79 Å². The molecule has 38 heavy (non-hydrogen) atoms. The third-order valence-corrected chi connectivity index (χ3v) is 7.21. The SMILES string of the molecule is COC(=O)C[C@@H]1COc2cc(O[C@H]3CCc4c(-c5cccc(F)c5-c5nnnn5C)ccc(F)c43)ccc21. The summed E-state index contributed by atoms with van der Waals surface area (Å²) in [5.41, 5.74) is 3.71. The lowest BCUT2D eigenvalue weighted by atomic mass is 9.92. The lowest BCUT2D eigenvalue weighted by molar-refractivity contribution is -0.141. The molecular weight excluding hydrogens is 494 g/mol. The van der Waals surface area contributed by atoms with Crippen LogP contribution in [0.3, 0.4) is 0 Å². The van der Waals surface area contributed by atoms with Crippen LogP contribution in [0.1, 0.15) is 41.6 Å². The molecule has 0 saturated carbocycles. The minimum absolute atomic E-state index is 0.0803. The summed E-state index contributed by atoms with van der Waals surface area (Å²) in [5.74, 6) is 0.256. The fourth-order valence-electron chi connectivity index (χ4n) is 5.41. The number of rotatable bonds is 6. The van der Waals surface area contributed by atoms with E-state index in [0.717, 1.165) is 11.1 Å². The largest absolute Gasteiger partial charge is 0.492 e. The Labute approximate surface area is 217 Å². The van der Waals surface area contributed by atoms with Crippen molar-refractivity contribution in [1.29, 1.82) is 0 Å². The van der Waals surface area contributed by atoms with E-state index in [-0.39, 0.29) is 35.5 Å². The number of hydrogen-bond donors (Lipinski definition) is 0. The Bertz CT molecular complexity index is 1550. The summed E-state index contributed by atoms with van der Waals surface area (Å²) in [6.45, 7) is 0.384. The molecule has 0 fully saturated rings. The van der Waals surface area contributed by atoms with E-state index in [2.05, 4.69) is 15.5 Å². The molecular formula is C28H24F2N4O4. The number of esters is 1. The van der Waals surface area contributed by atoms with E-state index in [1.54, 1.807) is 31.3 Å². The van der Waals surface area contributed by atoms with Gasteiger partial charge in [-0.2, -0.15) is 0 Å². The van der Waals surface area contributed by atoms with Gasteiger partial charge in [0.2, 0.25) is 0 Å². The number of methoxy groups -OCH3 is 1. The zero-order valence-electron chi connectivity index (χ0n) is 20.8. The van der Waals surface area contributed by atoms with Gasteiger partial charge in [-0.25, -0.2) is 13.5 Å². The first-order valence-corrected chi connectivity index (χ1v) is 12.3. The molecule has 2 aliphatic rings. The Morgan fingerprint density at radius 3 is 2.79 bits per heavy atom. The van der Waals surface area contributed by atoms with Crippen LogP contribution in [0.4, 0.5) is 8.78 Å². The molecule has 0 N–H and O–H groups in total. The minimum atomic E-state index is -0.524. The van der Waals surface area contributed by atoms with Crippen LogP contribution in [-0.4, -0.2) is 39.9 Å². The van der Waals surface area contributed by atoms with Crippen LogP contribution < -0.4 is 9.47 Å². The van der Waals surface area contributed by atoms with Crippen LogP contribution in [0, 0.1) is 11.6 Å². The first kappa shape index (κ1) is 24.0. The van der Waals surface area contributed by atoms with Crippen LogP contribution in [0.25, 0.3) is 22.5 Å². The Balaban J connectivity index is 1.33. The molecule has 6 rings (SSSR count).